The van der Waals surface area contributed by atoms with Gasteiger partial charge in [0.2, 0.25) is 0 Å². The van der Waals surface area contributed by atoms with Gasteiger partial charge in [-0.3, -0.25) is 4.90 Å². The first-order valence-corrected chi connectivity index (χ1v) is 7.61. The summed E-state index contributed by atoms with van der Waals surface area (Å²) < 4.78 is 0. The number of nitrogens with one attached hydrogen (secondary N) is 1. The highest BCUT2D eigenvalue weighted by atomic mass is 15.2. The molecule has 2 rings (SSSR count). The van der Waals surface area contributed by atoms with E-state index in [1.807, 2.05) is 0 Å². The Morgan fingerprint density at radius 2 is 1.78 bits per heavy atom. The van der Waals surface area contributed by atoms with Gasteiger partial charge in [-0.2, -0.15) is 0 Å². The van der Waals surface area contributed by atoms with Gasteiger partial charge in [0.15, 0.2) is 0 Å². The number of likely N-dealkylation sites (tertiary alicyclic amines) is 1. The molecule has 3 nitrogen and oxygen atoms in total. The Balaban J connectivity index is 1.89. The van der Waals surface area contributed by atoms with E-state index >= 15 is 0 Å². The van der Waals surface area contributed by atoms with Crippen LogP contribution in [-0.4, -0.2) is 61.7 Å². The topological polar surface area (TPSA) is 18.5 Å². The van der Waals surface area contributed by atoms with E-state index in [0.29, 0.717) is 11.0 Å². The molecule has 0 saturated carbocycles. The number of nitrogens with zero attached hydrogens (tertiary/aromatic N) is 2. The Kier molecular flexibility index (Phi) is 4.35. The van der Waals surface area contributed by atoms with Crippen molar-refractivity contribution in [2.45, 2.75) is 45.6 Å². The minimum Gasteiger partial charge on any atom is -0.309 e. The maximum absolute atomic E-state index is 3.68. The zero-order valence-corrected chi connectivity index (χ0v) is 12.8. The fraction of sp³-hybridized carbons (Fsp3) is 1.00. The van der Waals surface area contributed by atoms with Crippen molar-refractivity contribution in [2.75, 3.05) is 46.3 Å². The average Bonchev–Trinajstić information content (AvgIpc) is 2.33. The van der Waals surface area contributed by atoms with Gasteiger partial charge in [0, 0.05) is 31.7 Å². The van der Waals surface area contributed by atoms with Gasteiger partial charge >= 0.3 is 0 Å². The number of piperidine rings is 1. The molecule has 0 radical (unpaired) electrons. The van der Waals surface area contributed by atoms with Crippen LogP contribution < -0.4 is 5.32 Å². The minimum absolute atomic E-state index is 0.333. The highest BCUT2D eigenvalue weighted by molar-refractivity contribution is 4.93. The van der Waals surface area contributed by atoms with E-state index in [-0.39, 0.29) is 0 Å². The highest BCUT2D eigenvalue weighted by Crippen LogP contribution is 2.32. The first-order chi connectivity index (χ1) is 8.45. The molecule has 2 saturated heterocycles. The lowest BCUT2D eigenvalue weighted by atomic mass is 9.79. The number of rotatable bonds is 3. The van der Waals surface area contributed by atoms with Crippen molar-refractivity contribution in [1.29, 1.82) is 0 Å². The molecule has 0 aromatic carbocycles. The van der Waals surface area contributed by atoms with E-state index in [0.717, 1.165) is 6.54 Å². The SMILES string of the molecule is CCC1(C)CN(CC2(C)CCN(C)CC2)CCN1. The summed E-state index contributed by atoms with van der Waals surface area (Å²) in [4.78, 5) is 5.17. The third-order valence-electron chi connectivity index (χ3n) is 5.13. The zero-order valence-electron chi connectivity index (χ0n) is 12.8. The lowest BCUT2D eigenvalue weighted by Crippen LogP contribution is -2.60. The van der Waals surface area contributed by atoms with Gasteiger partial charge in [-0.1, -0.05) is 13.8 Å². The standard InChI is InChI=1S/C15H31N3/c1-5-15(3)13-18(11-8-16-15)12-14(2)6-9-17(4)10-7-14/h16H,5-13H2,1-4H3. The van der Waals surface area contributed by atoms with Crippen LogP contribution in [0.15, 0.2) is 0 Å². The summed E-state index contributed by atoms with van der Waals surface area (Å²) in [5, 5.41) is 3.68. The molecule has 2 fully saturated rings. The van der Waals surface area contributed by atoms with E-state index < -0.39 is 0 Å². The predicted octanol–water partition coefficient (Wildman–Crippen LogP) is 1.79. The predicted molar refractivity (Wildman–Crippen MR) is 78.0 cm³/mol. The third-order valence-corrected chi connectivity index (χ3v) is 5.13. The first kappa shape index (κ1) is 14.3. The van der Waals surface area contributed by atoms with E-state index in [4.69, 9.17) is 0 Å². The van der Waals surface area contributed by atoms with Gasteiger partial charge in [-0.15, -0.1) is 0 Å². The Morgan fingerprint density at radius 3 is 2.39 bits per heavy atom. The smallest absolute Gasteiger partial charge is 0.0278 e. The molecule has 0 amide bonds. The molecule has 106 valence electrons. The molecule has 2 aliphatic rings. The van der Waals surface area contributed by atoms with Crippen LogP contribution in [0.3, 0.4) is 0 Å². The van der Waals surface area contributed by atoms with E-state index in [1.165, 1.54) is 52.0 Å². The van der Waals surface area contributed by atoms with E-state index in [2.05, 4.69) is 42.9 Å². The summed E-state index contributed by atoms with van der Waals surface area (Å²) in [5.41, 5.74) is 0.874. The molecule has 1 atom stereocenters. The van der Waals surface area contributed by atoms with Crippen molar-refractivity contribution in [3.63, 3.8) is 0 Å². The quantitative estimate of drug-likeness (QED) is 0.827. The fourth-order valence-corrected chi connectivity index (χ4v) is 3.37. The zero-order chi connectivity index (χ0) is 13.2. The van der Waals surface area contributed by atoms with Crippen LogP contribution in [0.1, 0.15) is 40.0 Å². The molecule has 1 N–H and O–H groups in total. The van der Waals surface area contributed by atoms with Crippen LogP contribution in [0.2, 0.25) is 0 Å². The number of piperazine rings is 1. The molecule has 3 heteroatoms. The normalized spacial score (nSPS) is 34.7. The van der Waals surface area contributed by atoms with E-state index in [1.54, 1.807) is 0 Å². The Labute approximate surface area is 113 Å². The van der Waals surface area contributed by atoms with Crippen LogP contribution in [0.4, 0.5) is 0 Å². The van der Waals surface area contributed by atoms with Crippen LogP contribution in [0.25, 0.3) is 0 Å². The van der Waals surface area contributed by atoms with Crippen molar-refractivity contribution in [1.82, 2.24) is 15.1 Å². The molecule has 18 heavy (non-hydrogen) atoms. The second-order valence-electron chi connectivity index (χ2n) is 7.17. The van der Waals surface area contributed by atoms with Crippen LogP contribution in [0.5, 0.6) is 0 Å². The summed E-state index contributed by atoms with van der Waals surface area (Å²) in [7, 11) is 2.25. The molecular formula is C15H31N3. The lowest BCUT2D eigenvalue weighted by Gasteiger charge is -2.46. The second-order valence-corrected chi connectivity index (χ2v) is 7.17. The Morgan fingerprint density at radius 1 is 1.11 bits per heavy atom. The highest BCUT2D eigenvalue weighted by Gasteiger charge is 2.35. The summed E-state index contributed by atoms with van der Waals surface area (Å²) >= 11 is 0. The van der Waals surface area contributed by atoms with Gasteiger partial charge in [-0.25, -0.2) is 0 Å². The molecular weight excluding hydrogens is 222 g/mol. The van der Waals surface area contributed by atoms with Gasteiger partial charge < -0.3 is 10.2 Å². The van der Waals surface area contributed by atoms with Crippen molar-refractivity contribution < 1.29 is 0 Å². The molecule has 2 aliphatic heterocycles. The Bertz CT molecular complexity index is 271. The van der Waals surface area contributed by atoms with Crippen LogP contribution >= 0.6 is 0 Å². The summed E-state index contributed by atoms with van der Waals surface area (Å²) in [6.07, 6.45) is 3.94. The largest absolute Gasteiger partial charge is 0.309 e. The Hall–Kier alpha value is -0.120. The summed E-state index contributed by atoms with van der Waals surface area (Å²) in [6, 6.07) is 0. The third kappa shape index (κ3) is 3.46. The molecule has 0 aromatic rings. The molecule has 1 unspecified atom stereocenters. The average molecular weight is 253 g/mol. The van der Waals surface area contributed by atoms with Crippen LogP contribution in [0, 0.1) is 5.41 Å². The van der Waals surface area contributed by atoms with Crippen molar-refractivity contribution in [2.24, 2.45) is 5.41 Å². The first-order valence-electron chi connectivity index (χ1n) is 7.61. The lowest BCUT2D eigenvalue weighted by molar-refractivity contribution is 0.0544. The molecule has 0 aliphatic carbocycles. The van der Waals surface area contributed by atoms with Gasteiger partial charge in [-0.05, 0) is 51.7 Å². The summed E-state index contributed by atoms with van der Waals surface area (Å²) in [5.74, 6) is 0. The molecule has 0 aromatic heterocycles. The molecule has 2 heterocycles. The summed E-state index contributed by atoms with van der Waals surface area (Å²) in [6.45, 7) is 14.6. The van der Waals surface area contributed by atoms with E-state index in [9.17, 15) is 0 Å². The van der Waals surface area contributed by atoms with Crippen molar-refractivity contribution >= 4 is 0 Å². The van der Waals surface area contributed by atoms with Crippen molar-refractivity contribution in [3.05, 3.63) is 0 Å². The molecule has 0 bridgehead atoms. The van der Waals surface area contributed by atoms with Gasteiger partial charge in [0.1, 0.15) is 0 Å². The fourth-order valence-electron chi connectivity index (χ4n) is 3.37. The number of hydrogen-bond acceptors (Lipinski definition) is 3. The number of hydrogen-bond donors (Lipinski definition) is 1. The second kappa shape index (κ2) is 5.48. The van der Waals surface area contributed by atoms with Gasteiger partial charge in [0.05, 0.1) is 0 Å². The monoisotopic (exact) mass is 253 g/mol. The van der Waals surface area contributed by atoms with Crippen LogP contribution in [-0.2, 0) is 0 Å². The van der Waals surface area contributed by atoms with Crippen molar-refractivity contribution in [3.8, 4) is 0 Å². The minimum atomic E-state index is 0.333. The maximum Gasteiger partial charge on any atom is 0.0278 e. The molecule has 0 spiro atoms. The maximum atomic E-state index is 3.68. The van der Waals surface area contributed by atoms with Gasteiger partial charge in [0.25, 0.3) is 0 Å².